The molecular formula is C29H31N7O. The predicted octanol–water partition coefficient (Wildman–Crippen LogP) is 5.89. The summed E-state index contributed by atoms with van der Waals surface area (Å²) in [4.78, 5) is 27.9. The Bertz CT molecular complexity index is 1510. The van der Waals surface area contributed by atoms with Gasteiger partial charge in [-0.2, -0.15) is 0 Å². The van der Waals surface area contributed by atoms with E-state index in [4.69, 9.17) is 9.72 Å². The fraction of sp³-hybridized carbons (Fsp3) is 0.310. The van der Waals surface area contributed by atoms with E-state index in [-0.39, 0.29) is 6.10 Å². The van der Waals surface area contributed by atoms with Crippen molar-refractivity contribution in [3.63, 3.8) is 0 Å². The van der Waals surface area contributed by atoms with Gasteiger partial charge in [-0.25, -0.2) is 19.9 Å². The number of aromatic nitrogens is 6. The van der Waals surface area contributed by atoms with E-state index in [0.717, 1.165) is 76.8 Å². The van der Waals surface area contributed by atoms with E-state index in [0.29, 0.717) is 11.8 Å². The second-order valence-corrected chi connectivity index (χ2v) is 9.91. The molecule has 2 N–H and O–H groups in total. The van der Waals surface area contributed by atoms with E-state index < -0.39 is 0 Å². The first-order valence-corrected chi connectivity index (χ1v) is 12.9. The van der Waals surface area contributed by atoms with E-state index in [1.165, 1.54) is 0 Å². The maximum Gasteiger partial charge on any atom is 0.214 e. The Kier molecular flexibility index (Phi) is 6.08. The van der Waals surface area contributed by atoms with Crippen LogP contribution in [0.5, 0.6) is 5.88 Å². The average Bonchev–Trinajstić information content (AvgIpc) is 3.53. The third-order valence-electron chi connectivity index (χ3n) is 6.94. The van der Waals surface area contributed by atoms with Crippen molar-refractivity contribution in [1.82, 2.24) is 29.9 Å². The van der Waals surface area contributed by atoms with Gasteiger partial charge in [0.15, 0.2) is 0 Å². The monoisotopic (exact) mass is 493 g/mol. The molecule has 37 heavy (non-hydrogen) atoms. The van der Waals surface area contributed by atoms with Crippen molar-refractivity contribution >= 4 is 16.9 Å². The van der Waals surface area contributed by atoms with Gasteiger partial charge in [-0.05, 0) is 45.7 Å². The summed E-state index contributed by atoms with van der Waals surface area (Å²) in [6, 6.07) is 16.5. The van der Waals surface area contributed by atoms with Crippen LogP contribution in [0, 0.1) is 6.92 Å². The molecule has 0 amide bonds. The number of rotatable bonds is 6. The Morgan fingerprint density at radius 2 is 1.76 bits per heavy atom. The number of aromatic amines is 2. The summed E-state index contributed by atoms with van der Waals surface area (Å²) < 4.78 is 5.78. The van der Waals surface area contributed by atoms with Crippen LogP contribution in [-0.2, 0) is 0 Å². The van der Waals surface area contributed by atoms with E-state index in [1.54, 1.807) is 12.5 Å². The maximum atomic E-state index is 5.78. The Labute approximate surface area is 216 Å². The van der Waals surface area contributed by atoms with Crippen LogP contribution in [0.1, 0.15) is 44.1 Å². The normalized spacial score (nSPS) is 14.5. The highest BCUT2D eigenvalue weighted by Gasteiger charge is 2.26. The molecule has 1 aliphatic heterocycles. The van der Waals surface area contributed by atoms with Crippen molar-refractivity contribution in [2.75, 3.05) is 18.0 Å². The maximum absolute atomic E-state index is 5.78. The molecule has 8 nitrogen and oxygen atoms in total. The fourth-order valence-electron chi connectivity index (χ4n) is 5.14. The van der Waals surface area contributed by atoms with Crippen LogP contribution in [0.25, 0.3) is 33.5 Å². The SMILES string of the molecule is Cc1[nH]c(C2CCN(c3ncnc4[nH]c(-c5ccnc(OC(C)C)c5)cc34)CC2)nc1-c1ccccc1. The van der Waals surface area contributed by atoms with Gasteiger partial charge in [0.05, 0.1) is 17.2 Å². The number of aryl methyl sites for hydroxylation is 1. The van der Waals surface area contributed by atoms with Gasteiger partial charge in [-0.1, -0.05) is 30.3 Å². The number of hydrogen-bond acceptors (Lipinski definition) is 6. The third kappa shape index (κ3) is 4.67. The first kappa shape index (κ1) is 23.2. The second kappa shape index (κ2) is 9.69. The summed E-state index contributed by atoms with van der Waals surface area (Å²) in [6.07, 6.45) is 5.52. The number of nitrogens with one attached hydrogen (secondary N) is 2. The molecule has 188 valence electrons. The van der Waals surface area contributed by atoms with Gasteiger partial charge in [0.2, 0.25) is 5.88 Å². The van der Waals surface area contributed by atoms with Crippen LogP contribution in [0.15, 0.2) is 61.1 Å². The molecule has 1 saturated heterocycles. The number of H-pyrrole nitrogens is 2. The number of hydrogen-bond donors (Lipinski definition) is 2. The molecule has 0 aliphatic carbocycles. The minimum Gasteiger partial charge on any atom is -0.475 e. The van der Waals surface area contributed by atoms with Crippen molar-refractivity contribution in [1.29, 1.82) is 0 Å². The first-order valence-electron chi connectivity index (χ1n) is 12.9. The Morgan fingerprint density at radius 1 is 0.946 bits per heavy atom. The lowest BCUT2D eigenvalue weighted by molar-refractivity contribution is 0.233. The van der Waals surface area contributed by atoms with Crippen LogP contribution >= 0.6 is 0 Å². The summed E-state index contributed by atoms with van der Waals surface area (Å²) >= 11 is 0. The van der Waals surface area contributed by atoms with Crippen LogP contribution in [0.4, 0.5) is 5.82 Å². The van der Waals surface area contributed by atoms with Crippen LogP contribution in [-0.4, -0.2) is 49.1 Å². The van der Waals surface area contributed by atoms with Gasteiger partial charge in [0.25, 0.3) is 0 Å². The van der Waals surface area contributed by atoms with E-state index in [1.807, 2.05) is 32.0 Å². The van der Waals surface area contributed by atoms with Crippen LogP contribution in [0.3, 0.4) is 0 Å². The van der Waals surface area contributed by atoms with Gasteiger partial charge in [0, 0.05) is 53.8 Å². The number of piperidine rings is 1. The lowest BCUT2D eigenvalue weighted by atomic mass is 9.96. The van der Waals surface area contributed by atoms with Crippen molar-refractivity contribution < 1.29 is 4.74 Å². The highest BCUT2D eigenvalue weighted by molar-refractivity contribution is 5.92. The number of benzene rings is 1. The molecule has 6 rings (SSSR count). The first-order chi connectivity index (χ1) is 18.0. The molecule has 0 atom stereocenters. The molecule has 0 saturated carbocycles. The highest BCUT2D eigenvalue weighted by atomic mass is 16.5. The lowest BCUT2D eigenvalue weighted by Gasteiger charge is -2.32. The largest absolute Gasteiger partial charge is 0.475 e. The number of ether oxygens (including phenoxy) is 1. The average molecular weight is 494 g/mol. The predicted molar refractivity (Wildman–Crippen MR) is 146 cm³/mol. The van der Waals surface area contributed by atoms with Crippen molar-refractivity contribution in [2.24, 2.45) is 0 Å². The third-order valence-corrected chi connectivity index (χ3v) is 6.94. The Morgan fingerprint density at radius 3 is 2.54 bits per heavy atom. The lowest BCUT2D eigenvalue weighted by Crippen LogP contribution is -2.33. The van der Waals surface area contributed by atoms with Gasteiger partial charge >= 0.3 is 0 Å². The van der Waals surface area contributed by atoms with Crippen molar-refractivity contribution in [2.45, 2.75) is 45.6 Å². The molecule has 8 heteroatoms. The summed E-state index contributed by atoms with van der Waals surface area (Å²) in [6.45, 7) is 7.93. The van der Waals surface area contributed by atoms with Crippen molar-refractivity contribution in [3.05, 3.63) is 72.6 Å². The minimum absolute atomic E-state index is 0.0703. The van der Waals surface area contributed by atoms with Crippen LogP contribution < -0.4 is 9.64 Å². The molecule has 0 unspecified atom stereocenters. The van der Waals surface area contributed by atoms with Gasteiger partial charge in [-0.15, -0.1) is 0 Å². The van der Waals surface area contributed by atoms with E-state index in [9.17, 15) is 0 Å². The zero-order chi connectivity index (χ0) is 25.4. The fourth-order valence-corrected chi connectivity index (χ4v) is 5.14. The number of pyridine rings is 1. The van der Waals surface area contributed by atoms with Gasteiger partial charge in [-0.3, -0.25) is 0 Å². The zero-order valence-electron chi connectivity index (χ0n) is 21.4. The summed E-state index contributed by atoms with van der Waals surface area (Å²) in [5, 5.41) is 1.03. The molecule has 5 heterocycles. The smallest absolute Gasteiger partial charge is 0.214 e. The highest BCUT2D eigenvalue weighted by Crippen LogP contribution is 2.34. The molecule has 5 aromatic rings. The Balaban J connectivity index is 1.21. The number of imidazole rings is 1. The van der Waals surface area contributed by atoms with E-state index >= 15 is 0 Å². The second-order valence-electron chi connectivity index (χ2n) is 9.91. The summed E-state index contributed by atoms with van der Waals surface area (Å²) in [7, 11) is 0. The molecule has 4 aromatic heterocycles. The molecule has 0 spiro atoms. The number of fused-ring (bicyclic) bond motifs is 1. The summed E-state index contributed by atoms with van der Waals surface area (Å²) in [5.41, 5.74) is 6.15. The number of anilines is 1. The van der Waals surface area contributed by atoms with E-state index in [2.05, 4.69) is 67.1 Å². The van der Waals surface area contributed by atoms with Gasteiger partial charge in [0.1, 0.15) is 23.6 Å². The molecule has 1 aromatic carbocycles. The topological polar surface area (TPSA) is 95.6 Å². The molecule has 0 bridgehead atoms. The van der Waals surface area contributed by atoms with Crippen molar-refractivity contribution in [3.8, 4) is 28.4 Å². The minimum atomic E-state index is 0.0703. The Hall–Kier alpha value is -4.20. The van der Waals surface area contributed by atoms with Crippen LogP contribution in [0.2, 0.25) is 0 Å². The molecule has 1 aliphatic rings. The molecule has 1 fully saturated rings. The quantitative estimate of drug-likeness (QED) is 0.306. The molecular weight excluding hydrogens is 462 g/mol. The zero-order valence-corrected chi connectivity index (χ0v) is 21.4. The molecule has 0 radical (unpaired) electrons. The van der Waals surface area contributed by atoms with Gasteiger partial charge < -0.3 is 19.6 Å². The summed E-state index contributed by atoms with van der Waals surface area (Å²) in [5.74, 6) is 3.08. The number of nitrogens with zero attached hydrogens (tertiary/aromatic N) is 5. The standard InChI is InChI=1S/C29H31N7O/c1-18(2)37-25-15-22(9-12-30-25)24-16-23-28(34-24)31-17-32-29(23)36-13-10-21(11-14-36)27-33-19(3)26(35-27)20-7-5-4-6-8-20/h4-9,12,15-18,21H,10-11,13-14H2,1-3H3,(H,33,35)(H,31,32,34).